The second kappa shape index (κ2) is 8.22. The summed E-state index contributed by atoms with van der Waals surface area (Å²) in [6.07, 6.45) is 14.0. The average molecular weight is 416 g/mol. The van der Waals surface area contributed by atoms with Crippen LogP contribution in [0.25, 0.3) is 0 Å². The molecule has 1 saturated heterocycles. The molecule has 2 N–H and O–H groups in total. The van der Waals surface area contributed by atoms with Crippen molar-refractivity contribution in [3.8, 4) is 0 Å². The van der Waals surface area contributed by atoms with E-state index >= 15 is 0 Å². The Hall–Kier alpha value is -1.49. The number of carbonyl (C=O) groups is 3. The third kappa shape index (κ3) is 3.47. The van der Waals surface area contributed by atoms with Gasteiger partial charge >= 0.3 is 0 Å². The number of allylic oxidation sites excluding steroid dienone is 1. The van der Waals surface area contributed by atoms with Crippen molar-refractivity contribution < 1.29 is 19.5 Å². The summed E-state index contributed by atoms with van der Waals surface area (Å²) < 4.78 is 0. The molecule has 4 aliphatic carbocycles. The molecule has 5 fully saturated rings. The highest BCUT2D eigenvalue weighted by atomic mass is 16.3. The molecular formula is C25H37NO4. The van der Waals surface area contributed by atoms with E-state index in [1.807, 2.05) is 0 Å². The molecule has 5 rings (SSSR count). The Bertz CT molecular complexity index is 729. The van der Waals surface area contributed by atoms with Gasteiger partial charge in [-0.3, -0.25) is 14.4 Å². The zero-order valence-electron chi connectivity index (χ0n) is 18.4. The molecule has 5 heteroatoms. The number of carbonyl (C=O) groups excluding carboxylic acids is 2. The number of ketones is 2. The number of carboxylic acid groups (broad SMARTS) is 1. The third-order valence-electron chi connectivity index (χ3n) is 9.62. The molecule has 0 amide bonds. The Balaban J connectivity index is 0.000000687. The van der Waals surface area contributed by atoms with Crippen molar-refractivity contribution in [2.24, 2.45) is 46.3 Å². The molecule has 0 aromatic carbocycles. The van der Waals surface area contributed by atoms with E-state index in [0.29, 0.717) is 29.1 Å². The predicted molar refractivity (Wildman–Crippen MR) is 115 cm³/mol. The molecule has 1 heterocycles. The maximum absolute atomic E-state index is 13.3. The van der Waals surface area contributed by atoms with Crippen LogP contribution in [0.2, 0.25) is 0 Å². The monoisotopic (exact) mass is 415 g/mol. The van der Waals surface area contributed by atoms with Gasteiger partial charge in [0.05, 0.1) is 0 Å². The van der Waals surface area contributed by atoms with Crippen LogP contribution in [0.15, 0.2) is 12.2 Å². The SMILES string of the molecule is C[C@@]12CCC[C@H]1[C@@H]1C(=O)C(=O)C3C[C@H](/C=C\C4CNC4)CC[C@]3(C)[C@H]1CC2.O=CO. The van der Waals surface area contributed by atoms with Crippen molar-refractivity contribution in [1.29, 1.82) is 0 Å². The summed E-state index contributed by atoms with van der Waals surface area (Å²) in [7, 11) is 0. The van der Waals surface area contributed by atoms with Gasteiger partial charge in [-0.15, -0.1) is 0 Å². The second-order valence-electron chi connectivity index (χ2n) is 11.1. The molecule has 5 aliphatic rings. The molecule has 1 unspecified atom stereocenters. The van der Waals surface area contributed by atoms with Gasteiger partial charge in [0.2, 0.25) is 11.6 Å². The Morgan fingerprint density at radius 2 is 1.63 bits per heavy atom. The maximum atomic E-state index is 13.3. The fourth-order valence-corrected chi connectivity index (χ4v) is 7.72. The molecule has 7 atom stereocenters. The topological polar surface area (TPSA) is 83.5 Å². The van der Waals surface area contributed by atoms with Crippen LogP contribution in [0.1, 0.15) is 65.2 Å². The van der Waals surface area contributed by atoms with E-state index in [4.69, 9.17) is 9.90 Å². The maximum Gasteiger partial charge on any atom is 0.290 e. The zero-order valence-corrected chi connectivity index (χ0v) is 18.4. The van der Waals surface area contributed by atoms with Crippen molar-refractivity contribution in [2.45, 2.75) is 65.2 Å². The number of rotatable bonds is 2. The van der Waals surface area contributed by atoms with Gasteiger partial charge in [-0.1, -0.05) is 32.4 Å². The second-order valence-corrected chi connectivity index (χ2v) is 11.1. The van der Waals surface area contributed by atoms with Gasteiger partial charge in [0, 0.05) is 30.8 Å². The predicted octanol–water partition coefficient (Wildman–Crippen LogP) is 3.87. The molecule has 166 valence electrons. The van der Waals surface area contributed by atoms with Crippen LogP contribution in [0, 0.1) is 46.3 Å². The van der Waals surface area contributed by atoms with Gasteiger partial charge < -0.3 is 10.4 Å². The highest BCUT2D eigenvalue weighted by Crippen LogP contribution is 2.65. The Morgan fingerprint density at radius 1 is 0.933 bits per heavy atom. The smallest absolute Gasteiger partial charge is 0.290 e. The molecular weight excluding hydrogens is 378 g/mol. The molecule has 30 heavy (non-hydrogen) atoms. The lowest BCUT2D eigenvalue weighted by atomic mass is 9.44. The molecule has 0 bridgehead atoms. The van der Waals surface area contributed by atoms with E-state index in [0.717, 1.165) is 38.8 Å². The van der Waals surface area contributed by atoms with Crippen molar-refractivity contribution in [1.82, 2.24) is 5.32 Å². The first-order valence-electron chi connectivity index (χ1n) is 11.9. The summed E-state index contributed by atoms with van der Waals surface area (Å²) in [5, 5.41) is 10.2. The van der Waals surface area contributed by atoms with E-state index in [1.165, 1.54) is 25.7 Å². The van der Waals surface area contributed by atoms with E-state index in [2.05, 4.69) is 31.3 Å². The van der Waals surface area contributed by atoms with Crippen LogP contribution in [0.4, 0.5) is 0 Å². The Kier molecular flexibility index (Phi) is 5.95. The average Bonchev–Trinajstić information content (AvgIpc) is 3.07. The highest BCUT2D eigenvalue weighted by molar-refractivity contribution is 6.39. The van der Waals surface area contributed by atoms with Gasteiger partial charge in [-0.2, -0.15) is 0 Å². The van der Waals surface area contributed by atoms with Crippen LogP contribution in [-0.2, 0) is 14.4 Å². The fraction of sp³-hybridized carbons (Fsp3) is 0.800. The number of Topliss-reactive ketones (excluding diaryl/α,β-unsaturated/α-hetero) is 2. The summed E-state index contributed by atoms with van der Waals surface area (Å²) in [4.78, 5) is 34.9. The minimum Gasteiger partial charge on any atom is -0.483 e. The number of fused-ring (bicyclic) bond motifs is 5. The zero-order chi connectivity index (χ0) is 21.5. The van der Waals surface area contributed by atoms with Crippen molar-refractivity contribution in [3.05, 3.63) is 12.2 Å². The number of hydrogen-bond acceptors (Lipinski definition) is 4. The lowest BCUT2D eigenvalue weighted by Gasteiger charge is -2.58. The first-order valence-corrected chi connectivity index (χ1v) is 11.9. The fourth-order valence-electron chi connectivity index (χ4n) is 7.72. The Labute approximate surface area is 180 Å². The van der Waals surface area contributed by atoms with Crippen molar-refractivity contribution >= 4 is 18.0 Å². The van der Waals surface area contributed by atoms with Crippen LogP contribution in [0.3, 0.4) is 0 Å². The molecule has 5 nitrogen and oxygen atoms in total. The Morgan fingerprint density at radius 3 is 2.30 bits per heavy atom. The van der Waals surface area contributed by atoms with Gasteiger partial charge in [0.1, 0.15) is 0 Å². The summed E-state index contributed by atoms with van der Waals surface area (Å²) in [6.45, 7) is 6.69. The largest absolute Gasteiger partial charge is 0.483 e. The lowest BCUT2D eigenvalue weighted by molar-refractivity contribution is -0.167. The van der Waals surface area contributed by atoms with Crippen molar-refractivity contribution in [3.63, 3.8) is 0 Å². The standard InChI is InChI=1S/C24H35NO2.CH2O2/c1-23-9-3-4-17(23)20-18(8-10-23)24(2)11-7-15(5-6-16-13-25-14-16)12-19(24)21(26)22(20)27;2-1-3/h5-6,15-20,25H,3-4,7-14H2,1-2H3;1H,(H,2,3)/b6-5-;/t15-,17+,18+,19?,20+,23+,24-;/m1./s1. The molecule has 0 aromatic heterocycles. The normalized spacial score (nSPS) is 45.6. The summed E-state index contributed by atoms with van der Waals surface area (Å²) in [5.41, 5.74) is 0.374. The molecule has 0 aromatic rings. The summed E-state index contributed by atoms with van der Waals surface area (Å²) in [5.74, 6) is 2.10. The third-order valence-corrected chi connectivity index (χ3v) is 9.62. The van der Waals surface area contributed by atoms with Gasteiger partial charge in [-0.25, -0.2) is 0 Å². The lowest BCUT2D eigenvalue weighted by Crippen LogP contribution is -2.60. The first kappa shape index (κ1) is 21.7. The van der Waals surface area contributed by atoms with Crippen LogP contribution >= 0.6 is 0 Å². The van der Waals surface area contributed by atoms with E-state index in [-0.39, 0.29) is 35.3 Å². The van der Waals surface area contributed by atoms with E-state index in [1.54, 1.807) is 0 Å². The van der Waals surface area contributed by atoms with Crippen molar-refractivity contribution in [2.75, 3.05) is 13.1 Å². The van der Waals surface area contributed by atoms with Gasteiger partial charge in [0.15, 0.2) is 0 Å². The first-order chi connectivity index (χ1) is 14.3. The molecule has 4 saturated carbocycles. The number of hydrogen-bond donors (Lipinski definition) is 2. The number of nitrogens with one attached hydrogen (secondary N) is 1. The summed E-state index contributed by atoms with van der Waals surface area (Å²) in [6, 6.07) is 0. The molecule has 0 spiro atoms. The van der Waals surface area contributed by atoms with E-state index in [9.17, 15) is 9.59 Å². The minimum atomic E-state index is -0.250. The summed E-state index contributed by atoms with van der Waals surface area (Å²) >= 11 is 0. The van der Waals surface area contributed by atoms with Gasteiger partial charge in [-0.05, 0) is 73.5 Å². The molecule has 0 radical (unpaired) electrons. The van der Waals surface area contributed by atoms with Crippen LogP contribution in [-0.4, -0.2) is 36.2 Å². The van der Waals surface area contributed by atoms with Crippen LogP contribution < -0.4 is 5.32 Å². The van der Waals surface area contributed by atoms with Crippen LogP contribution in [0.5, 0.6) is 0 Å². The quantitative estimate of drug-likeness (QED) is 0.406. The molecule has 1 aliphatic heterocycles. The van der Waals surface area contributed by atoms with Gasteiger partial charge in [0.25, 0.3) is 6.47 Å². The minimum absolute atomic E-state index is 0.00156. The highest BCUT2D eigenvalue weighted by Gasteiger charge is 2.63. The van der Waals surface area contributed by atoms with E-state index < -0.39 is 0 Å².